The van der Waals surface area contributed by atoms with Gasteiger partial charge in [-0.2, -0.15) is 0 Å². The molecule has 3 nitrogen and oxygen atoms in total. The van der Waals surface area contributed by atoms with E-state index in [-0.39, 0.29) is 11.7 Å². The lowest BCUT2D eigenvalue weighted by Gasteiger charge is -2.08. The molecule has 1 rings (SSSR count). The molecular formula is C11H14BrNO2. The number of ether oxygens (including phenoxy) is 1. The molecule has 0 aliphatic rings. The van der Waals surface area contributed by atoms with Crippen molar-refractivity contribution in [3.8, 4) is 0 Å². The van der Waals surface area contributed by atoms with Crippen molar-refractivity contribution in [2.24, 2.45) is 5.92 Å². The third kappa shape index (κ3) is 3.72. The summed E-state index contributed by atoms with van der Waals surface area (Å²) in [7, 11) is 1.63. The van der Waals surface area contributed by atoms with Gasteiger partial charge in [0.25, 0.3) is 0 Å². The van der Waals surface area contributed by atoms with E-state index in [0.29, 0.717) is 12.3 Å². The number of hydrogen-bond acceptors (Lipinski definition) is 3. The van der Waals surface area contributed by atoms with Crippen LogP contribution in [0.4, 0.5) is 0 Å². The van der Waals surface area contributed by atoms with Gasteiger partial charge in [-0.1, -0.05) is 6.92 Å². The van der Waals surface area contributed by atoms with Gasteiger partial charge in [0.05, 0.1) is 0 Å². The van der Waals surface area contributed by atoms with Gasteiger partial charge < -0.3 is 4.74 Å². The molecule has 1 atom stereocenters. The van der Waals surface area contributed by atoms with Gasteiger partial charge in [0, 0.05) is 30.3 Å². The summed E-state index contributed by atoms with van der Waals surface area (Å²) in [6.45, 7) is 2.49. The SMILES string of the molecule is COCCC(C)C(=O)c1ccc(Br)cn1. The first-order valence-electron chi connectivity index (χ1n) is 4.80. The van der Waals surface area contributed by atoms with E-state index in [4.69, 9.17) is 4.74 Å². The number of halogens is 1. The molecule has 0 aliphatic carbocycles. The number of ketones is 1. The normalized spacial score (nSPS) is 12.5. The zero-order chi connectivity index (χ0) is 11.3. The minimum atomic E-state index is -0.0429. The highest BCUT2D eigenvalue weighted by molar-refractivity contribution is 9.10. The third-order valence-corrected chi connectivity index (χ3v) is 2.65. The van der Waals surface area contributed by atoms with Crippen LogP contribution in [0.2, 0.25) is 0 Å². The van der Waals surface area contributed by atoms with Crippen LogP contribution in [-0.4, -0.2) is 24.5 Å². The summed E-state index contributed by atoms with van der Waals surface area (Å²) in [5, 5.41) is 0. The molecule has 0 bridgehead atoms. The van der Waals surface area contributed by atoms with Gasteiger partial charge in [0.15, 0.2) is 5.78 Å². The second-order valence-electron chi connectivity index (χ2n) is 3.41. The van der Waals surface area contributed by atoms with Gasteiger partial charge in [-0.3, -0.25) is 9.78 Å². The van der Waals surface area contributed by atoms with Crippen LogP contribution in [0.3, 0.4) is 0 Å². The van der Waals surface area contributed by atoms with Gasteiger partial charge >= 0.3 is 0 Å². The van der Waals surface area contributed by atoms with E-state index >= 15 is 0 Å². The fourth-order valence-corrected chi connectivity index (χ4v) is 1.43. The summed E-state index contributed by atoms with van der Waals surface area (Å²) in [6, 6.07) is 3.55. The summed E-state index contributed by atoms with van der Waals surface area (Å²) < 4.78 is 5.82. The highest BCUT2D eigenvalue weighted by atomic mass is 79.9. The maximum Gasteiger partial charge on any atom is 0.184 e. The highest BCUT2D eigenvalue weighted by Gasteiger charge is 2.15. The quantitative estimate of drug-likeness (QED) is 0.773. The molecule has 1 aromatic rings. The number of Topliss-reactive ketones (excluding diaryl/α,β-unsaturated/α-hetero) is 1. The Bertz CT molecular complexity index is 324. The molecule has 0 spiro atoms. The highest BCUT2D eigenvalue weighted by Crippen LogP contribution is 2.13. The Hall–Kier alpha value is -0.740. The van der Waals surface area contributed by atoms with E-state index < -0.39 is 0 Å². The van der Waals surface area contributed by atoms with Gasteiger partial charge in [-0.05, 0) is 34.5 Å². The van der Waals surface area contributed by atoms with Gasteiger partial charge in [-0.25, -0.2) is 0 Å². The Morgan fingerprint density at radius 1 is 1.60 bits per heavy atom. The molecule has 0 amide bonds. The zero-order valence-corrected chi connectivity index (χ0v) is 10.5. The van der Waals surface area contributed by atoms with Crippen LogP contribution in [0.5, 0.6) is 0 Å². The van der Waals surface area contributed by atoms with Crippen molar-refractivity contribution >= 4 is 21.7 Å². The van der Waals surface area contributed by atoms with Crippen molar-refractivity contribution in [2.75, 3.05) is 13.7 Å². The van der Waals surface area contributed by atoms with Crippen LogP contribution < -0.4 is 0 Å². The van der Waals surface area contributed by atoms with Crippen LogP contribution in [-0.2, 0) is 4.74 Å². The standard InChI is InChI=1S/C11H14BrNO2/c1-8(5-6-15-2)11(14)10-4-3-9(12)7-13-10/h3-4,7-8H,5-6H2,1-2H3. The van der Waals surface area contributed by atoms with Crippen molar-refractivity contribution in [3.63, 3.8) is 0 Å². The zero-order valence-electron chi connectivity index (χ0n) is 8.87. The molecule has 82 valence electrons. The summed E-state index contributed by atoms with van der Waals surface area (Å²) in [5.41, 5.74) is 0.516. The lowest BCUT2D eigenvalue weighted by Crippen LogP contribution is -2.14. The number of aromatic nitrogens is 1. The number of carbonyl (C=O) groups is 1. The number of pyridine rings is 1. The summed E-state index contributed by atoms with van der Waals surface area (Å²) >= 11 is 3.28. The fourth-order valence-electron chi connectivity index (χ4n) is 1.20. The molecule has 1 unspecified atom stereocenters. The largest absolute Gasteiger partial charge is 0.385 e. The smallest absolute Gasteiger partial charge is 0.184 e. The molecule has 1 heterocycles. The van der Waals surface area contributed by atoms with E-state index in [0.717, 1.165) is 10.9 Å². The fraction of sp³-hybridized carbons (Fsp3) is 0.455. The molecule has 4 heteroatoms. The Morgan fingerprint density at radius 2 is 2.33 bits per heavy atom. The summed E-state index contributed by atoms with van der Waals surface area (Å²) in [4.78, 5) is 15.9. The van der Waals surface area contributed by atoms with E-state index in [2.05, 4.69) is 20.9 Å². The predicted octanol–water partition coefficient (Wildman–Crippen LogP) is 2.70. The topological polar surface area (TPSA) is 39.2 Å². The Labute approximate surface area is 98.0 Å². The second kappa shape index (κ2) is 5.98. The lowest BCUT2D eigenvalue weighted by atomic mass is 10.0. The third-order valence-electron chi connectivity index (χ3n) is 2.18. The summed E-state index contributed by atoms with van der Waals surface area (Å²) in [5.74, 6) is 0.0261. The van der Waals surface area contributed by atoms with Gasteiger partial charge in [0.2, 0.25) is 0 Å². The molecule has 0 radical (unpaired) electrons. The maximum absolute atomic E-state index is 11.8. The Morgan fingerprint density at radius 3 is 2.87 bits per heavy atom. The molecule has 0 saturated heterocycles. The van der Waals surface area contributed by atoms with E-state index in [1.807, 2.05) is 13.0 Å². The number of hydrogen-bond donors (Lipinski definition) is 0. The average molecular weight is 272 g/mol. The summed E-state index contributed by atoms with van der Waals surface area (Å²) in [6.07, 6.45) is 2.36. The van der Waals surface area contributed by atoms with E-state index in [9.17, 15) is 4.79 Å². The molecule has 15 heavy (non-hydrogen) atoms. The Kier molecular flexibility index (Phi) is 4.91. The second-order valence-corrected chi connectivity index (χ2v) is 4.32. The average Bonchev–Trinajstić information content (AvgIpc) is 2.26. The number of nitrogens with zero attached hydrogens (tertiary/aromatic N) is 1. The van der Waals surface area contributed by atoms with Crippen molar-refractivity contribution in [2.45, 2.75) is 13.3 Å². The van der Waals surface area contributed by atoms with Crippen LogP contribution in [0, 0.1) is 5.92 Å². The molecule has 0 fully saturated rings. The molecule has 0 saturated carbocycles. The molecular weight excluding hydrogens is 258 g/mol. The van der Waals surface area contributed by atoms with Crippen LogP contribution in [0.15, 0.2) is 22.8 Å². The number of methoxy groups -OCH3 is 1. The lowest BCUT2D eigenvalue weighted by molar-refractivity contribution is 0.0888. The molecule has 1 aromatic heterocycles. The molecule has 0 aromatic carbocycles. The molecule has 0 aliphatic heterocycles. The van der Waals surface area contributed by atoms with Crippen molar-refractivity contribution in [1.82, 2.24) is 4.98 Å². The first-order valence-corrected chi connectivity index (χ1v) is 5.59. The van der Waals surface area contributed by atoms with Crippen molar-refractivity contribution < 1.29 is 9.53 Å². The minimum Gasteiger partial charge on any atom is -0.385 e. The van der Waals surface area contributed by atoms with Gasteiger partial charge in [-0.15, -0.1) is 0 Å². The first-order chi connectivity index (χ1) is 7.15. The van der Waals surface area contributed by atoms with Crippen molar-refractivity contribution in [1.29, 1.82) is 0 Å². The Balaban J connectivity index is 2.63. The van der Waals surface area contributed by atoms with E-state index in [1.165, 1.54) is 0 Å². The monoisotopic (exact) mass is 271 g/mol. The first kappa shape index (κ1) is 12.3. The minimum absolute atomic E-state index is 0.0429. The molecule has 0 N–H and O–H groups in total. The van der Waals surface area contributed by atoms with Crippen LogP contribution in [0.1, 0.15) is 23.8 Å². The van der Waals surface area contributed by atoms with Crippen LogP contribution in [0.25, 0.3) is 0 Å². The van der Waals surface area contributed by atoms with Crippen LogP contribution >= 0.6 is 15.9 Å². The predicted molar refractivity (Wildman–Crippen MR) is 61.9 cm³/mol. The number of carbonyl (C=O) groups excluding carboxylic acids is 1. The van der Waals surface area contributed by atoms with Crippen molar-refractivity contribution in [3.05, 3.63) is 28.5 Å². The maximum atomic E-state index is 11.8. The number of rotatable bonds is 5. The van der Waals surface area contributed by atoms with E-state index in [1.54, 1.807) is 19.4 Å². The van der Waals surface area contributed by atoms with Gasteiger partial charge in [0.1, 0.15) is 5.69 Å².